The highest BCUT2D eigenvalue weighted by molar-refractivity contribution is 6.06. The quantitative estimate of drug-likeness (QED) is 0.0807. The summed E-state index contributed by atoms with van der Waals surface area (Å²) in [6.07, 6.45) is 4.31. The molecule has 51 heavy (non-hydrogen) atoms. The van der Waals surface area contributed by atoms with Crippen molar-refractivity contribution >= 4 is 23.8 Å². The average molecular weight is 691 g/mol. The number of benzene rings is 4. The lowest BCUT2D eigenvalue weighted by molar-refractivity contribution is 0.0417. The number of carbonyl (C=O) groups is 4. The lowest BCUT2D eigenvalue weighted by atomic mass is 9.85. The fraction of sp³-hybridized carbons (Fsp3) is 0.349. The van der Waals surface area contributed by atoms with Crippen LogP contribution in [0.1, 0.15) is 112 Å². The smallest absolute Gasteiger partial charge is 0.338 e. The number of nitrogens with one attached hydrogen (secondary N) is 2. The van der Waals surface area contributed by atoms with E-state index < -0.39 is 11.9 Å². The summed E-state index contributed by atoms with van der Waals surface area (Å²) in [5.41, 5.74) is 2.45. The summed E-state index contributed by atoms with van der Waals surface area (Å²) in [6, 6.07) is 33.1. The Kier molecular flexibility index (Phi) is 14.1. The molecule has 0 radical (unpaired) electrons. The summed E-state index contributed by atoms with van der Waals surface area (Å²) in [6.45, 7) is 9.39. The van der Waals surface area contributed by atoms with Crippen LogP contribution in [0.25, 0.3) is 0 Å². The Morgan fingerprint density at radius 3 is 1.14 bits per heavy atom. The van der Waals surface area contributed by atoms with E-state index >= 15 is 0 Å². The molecule has 0 saturated heterocycles. The summed E-state index contributed by atoms with van der Waals surface area (Å²) >= 11 is 0. The van der Waals surface area contributed by atoms with Crippen molar-refractivity contribution in [1.29, 1.82) is 0 Å². The molecule has 0 aromatic heterocycles. The number of esters is 2. The summed E-state index contributed by atoms with van der Waals surface area (Å²) in [4.78, 5) is 51.9. The Bertz CT molecular complexity index is 1620. The Morgan fingerprint density at radius 2 is 0.765 bits per heavy atom. The molecule has 8 heteroatoms. The van der Waals surface area contributed by atoms with Crippen LogP contribution in [-0.4, -0.2) is 50.1 Å². The van der Waals surface area contributed by atoms with Crippen molar-refractivity contribution in [2.24, 2.45) is 0 Å². The van der Waals surface area contributed by atoms with E-state index in [2.05, 4.69) is 10.6 Å². The Morgan fingerprint density at radius 1 is 0.451 bits per heavy atom. The SMILES string of the molecule is CC(C)(COC(=O)c1ccccc1C(=O)NCCCCCCCNC(=O)c1ccccc1C(=O)OCC(C)(C)c1ccccc1)c1ccccc1. The van der Waals surface area contributed by atoms with E-state index in [1.54, 1.807) is 48.5 Å². The molecule has 268 valence electrons. The van der Waals surface area contributed by atoms with Gasteiger partial charge in [0.15, 0.2) is 0 Å². The summed E-state index contributed by atoms with van der Waals surface area (Å²) < 4.78 is 11.3. The van der Waals surface area contributed by atoms with Crippen molar-refractivity contribution in [2.45, 2.75) is 70.6 Å². The predicted octanol–water partition coefficient (Wildman–Crippen LogP) is 8.07. The van der Waals surface area contributed by atoms with Gasteiger partial charge in [0.1, 0.15) is 13.2 Å². The van der Waals surface area contributed by atoms with Crippen LogP contribution >= 0.6 is 0 Å². The van der Waals surface area contributed by atoms with Crippen LogP contribution in [0, 0.1) is 0 Å². The average Bonchev–Trinajstić information content (AvgIpc) is 3.16. The molecule has 4 rings (SSSR count). The predicted molar refractivity (Wildman–Crippen MR) is 200 cm³/mol. The second-order valence-electron chi connectivity index (χ2n) is 14.0. The zero-order chi connectivity index (χ0) is 36.7. The third-order valence-electron chi connectivity index (χ3n) is 8.95. The third-order valence-corrected chi connectivity index (χ3v) is 8.95. The first-order chi connectivity index (χ1) is 24.5. The molecule has 2 amide bonds. The molecule has 4 aromatic rings. The molecule has 0 unspecified atom stereocenters. The van der Waals surface area contributed by atoms with Gasteiger partial charge in [0.05, 0.1) is 22.3 Å². The molecule has 0 atom stereocenters. The summed E-state index contributed by atoms with van der Waals surface area (Å²) in [5, 5.41) is 5.85. The van der Waals surface area contributed by atoms with E-state index in [-0.39, 0.29) is 47.0 Å². The molecule has 0 spiro atoms. The lowest BCUT2D eigenvalue weighted by Crippen LogP contribution is -2.29. The highest BCUT2D eigenvalue weighted by Crippen LogP contribution is 2.25. The van der Waals surface area contributed by atoms with Gasteiger partial charge in [-0.25, -0.2) is 9.59 Å². The number of hydrogen-bond acceptors (Lipinski definition) is 6. The zero-order valence-electron chi connectivity index (χ0n) is 30.2. The standard InChI is InChI=1S/C43H50N2O6/c1-42(2,32-20-10-8-11-21-32)30-50-40(48)36-26-16-14-24-34(36)38(46)44-28-18-6-5-7-19-29-45-39(47)35-25-15-17-27-37(35)41(49)51-31-43(3,4)33-22-12-9-13-23-33/h8-17,20-27H,5-7,18-19,28-31H2,1-4H3,(H,44,46)(H,45,47). The molecule has 0 saturated carbocycles. The van der Waals surface area contributed by atoms with Crippen LogP contribution in [0.4, 0.5) is 0 Å². The molecule has 0 fully saturated rings. The minimum absolute atomic E-state index is 0.186. The van der Waals surface area contributed by atoms with Crippen LogP contribution < -0.4 is 10.6 Å². The molecule has 0 bridgehead atoms. The molecule has 0 aliphatic rings. The first-order valence-electron chi connectivity index (χ1n) is 17.7. The van der Waals surface area contributed by atoms with Crippen molar-refractivity contribution in [3.63, 3.8) is 0 Å². The highest BCUT2D eigenvalue weighted by atomic mass is 16.5. The largest absolute Gasteiger partial charge is 0.461 e. The molecular formula is C43H50N2O6. The number of ether oxygens (including phenoxy) is 2. The van der Waals surface area contributed by atoms with Crippen LogP contribution in [-0.2, 0) is 20.3 Å². The number of rotatable bonds is 18. The van der Waals surface area contributed by atoms with Crippen LogP contribution in [0.2, 0.25) is 0 Å². The van der Waals surface area contributed by atoms with Gasteiger partial charge in [-0.2, -0.15) is 0 Å². The number of unbranched alkanes of at least 4 members (excludes halogenated alkanes) is 4. The lowest BCUT2D eigenvalue weighted by Gasteiger charge is -2.25. The minimum atomic E-state index is -0.525. The van der Waals surface area contributed by atoms with Gasteiger partial charge in [-0.3, -0.25) is 9.59 Å². The molecule has 4 aromatic carbocycles. The fourth-order valence-corrected chi connectivity index (χ4v) is 5.69. The van der Waals surface area contributed by atoms with E-state index in [1.807, 2.05) is 88.4 Å². The van der Waals surface area contributed by atoms with Gasteiger partial charge < -0.3 is 20.1 Å². The minimum Gasteiger partial charge on any atom is -0.461 e. The van der Waals surface area contributed by atoms with Gasteiger partial charge in [-0.05, 0) is 48.2 Å². The zero-order valence-corrected chi connectivity index (χ0v) is 30.2. The summed E-state index contributed by atoms with van der Waals surface area (Å²) in [5.74, 6) is -1.67. The van der Waals surface area contributed by atoms with Gasteiger partial charge in [0, 0.05) is 23.9 Å². The van der Waals surface area contributed by atoms with E-state index in [0.29, 0.717) is 24.2 Å². The van der Waals surface area contributed by atoms with E-state index in [4.69, 9.17) is 9.47 Å². The number of amides is 2. The number of hydrogen-bond donors (Lipinski definition) is 2. The van der Waals surface area contributed by atoms with Crippen molar-refractivity contribution in [1.82, 2.24) is 10.6 Å². The Labute approximate surface area is 302 Å². The highest BCUT2D eigenvalue weighted by Gasteiger charge is 2.26. The molecule has 0 aliphatic carbocycles. The van der Waals surface area contributed by atoms with E-state index in [0.717, 1.165) is 43.2 Å². The van der Waals surface area contributed by atoms with Gasteiger partial charge in [-0.1, -0.05) is 132 Å². The van der Waals surface area contributed by atoms with Gasteiger partial charge in [0.25, 0.3) is 11.8 Å². The van der Waals surface area contributed by atoms with E-state index in [1.165, 1.54) is 0 Å². The second-order valence-corrected chi connectivity index (χ2v) is 14.0. The fourth-order valence-electron chi connectivity index (χ4n) is 5.69. The van der Waals surface area contributed by atoms with Crippen molar-refractivity contribution in [3.05, 3.63) is 143 Å². The van der Waals surface area contributed by atoms with E-state index in [9.17, 15) is 19.2 Å². The van der Waals surface area contributed by atoms with Crippen LogP contribution in [0.15, 0.2) is 109 Å². The monoisotopic (exact) mass is 690 g/mol. The third kappa shape index (κ3) is 11.4. The Hall–Kier alpha value is -5.24. The van der Waals surface area contributed by atoms with Gasteiger partial charge in [-0.15, -0.1) is 0 Å². The Balaban J connectivity index is 1.13. The summed E-state index contributed by atoms with van der Waals surface area (Å²) in [7, 11) is 0. The number of carbonyl (C=O) groups excluding carboxylic acids is 4. The van der Waals surface area contributed by atoms with Crippen molar-refractivity contribution in [2.75, 3.05) is 26.3 Å². The molecule has 0 aliphatic heterocycles. The molecule has 8 nitrogen and oxygen atoms in total. The van der Waals surface area contributed by atoms with Crippen LogP contribution in [0.3, 0.4) is 0 Å². The van der Waals surface area contributed by atoms with Crippen molar-refractivity contribution in [3.8, 4) is 0 Å². The topological polar surface area (TPSA) is 111 Å². The normalized spacial score (nSPS) is 11.4. The maximum atomic E-state index is 13.0. The molecule has 2 N–H and O–H groups in total. The van der Waals surface area contributed by atoms with Crippen LogP contribution in [0.5, 0.6) is 0 Å². The van der Waals surface area contributed by atoms with Crippen molar-refractivity contribution < 1.29 is 28.7 Å². The molecule has 0 heterocycles. The second kappa shape index (κ2) is 18.7. The first kappa shape index (κ1) is 38.6. The maximum absolute atomic E-state index is 13.0. The first-order valence-corrected chi connectivity index (χ1v) is 17.7. The maximum Gasteiger partial charge on any atom is 0.338 e. The molecular weight excluding hydrogens is 640 g/mol. The van der Waals surface area contributed by atoms with Gasteiger partial charge in [0.2, 0.25) is 0 Å². The van der Waals surface area contributed by atoms with Gasteiger partial charge >= 0.3 is 11.9 Å².